The molecule has 1 aliphatic carbocycles. The maximum Gasteiger partial charge on any atom is 0.236 e. The van der Waals surface area contributed by atoms with Gasteiger partial charge in [-0.2, -0.15) is 5.26 Å². The van der Waals surface area contributed by atoms with Crippen molar-refractivity contribution in [2.75, 3.05) is 0 Å². The summed E-state index contributed by atoms with van der Waals surface area (Å²) in [4.78, 5) is 26.2. The molecular formula is C16H15BrN2O2. The van der Waals surface area contributed by atoms with Crippen LogP contribution >= 0.6 is 15.9 Å². The molecule has 0 bridgehead atoms. The van der Waals surface area contributed by atoms with Crippen LogP contribution in [0.25, 0.3) is 0 Å². The highest BCUT2D eigenvalue weighted by Crippen LogP contribution is 2.47. The minimum Gasteiger partial charge on any atom is -0.278 e. The van der Waals surface area contributed by atoms with Gasteiger partial charge >= 0.3 is 0 Å². The molecule has 2 amide bonds. The lowest BCUT2D eigenvalue weighted by molar-refractivity contribution is -0.142. The van der Waals surface area contributed by atoms with E-state index in [-0.39, 0.29) is 18.4 Å². The van der Waals surface area contributed by atoms with Gasteiger partial charge in [-0.3, -0.25) is 14.5 Å². The molecule has 1 spiro atoms. The lowest BCUT2D eigenvalue weighted by atomic mass is 9.84. The summed E-state index contributed by atoms with van der Waals surface area (Å²) in [6, 6.07) is 7.30. The van der Waals surface area contributed by atoms with Gasteiger partial charge in [-0.15, -0.1) is 0 Å². The first kappa shape index (κ1) is 14.3. The predicted molar refractivity (Wildman–Crippen MR) is 79.9 cm³/mol. The molecule has 2 fully saturated rings. The zero-order valence-electron chi connectivity index (χ0n) is 11.6. The van der Waals surface area contributed by atoms with Crippen LogP contribution in [0.5, 0.6) is 0 Å². The van der Waals surface area contributed by atoms with Gasteiger partial charge in [0, 0.05) is 10.9 Å². The Kier molecular flexibility index (Phi) is 3.58. The van der Waals surface area contributed by atoms with E-state index in [9.17, 15) is 9.59 Å². The summed E-state index contributed by atoms with van der Waals surface area (Å²) in [6.45, 7) is 0.246. The highest BCUT2D eigenvalue weighted by atomic mass is 79.9. The standard InChI is InChI=1S/C16H15BrN2O2/c17-13-4-3-11(9-18)7-12(13)10-19-14(20)8-16(15(19)21)5-1-2-6-16/h3-4,7H,1-2,5-6,8,10H2. The number of likely N-dealkylation sites (tertiary alicyclic amines) is 1. The highest BCUT2D eigenvalue weighted by molar-refractivity contribution is 9.10. The van der Waals surface area contributed by atoms with E-state index in [4.69, 9.17) is 5.26 Å². The Morgan fingerprint density at radius 1 is 1.29 bits per heavy atom. The van der Waals surface area contributed by atoms with Crippen molar-refractivity contribution in [2.45, 2.75) is 38.6 Å². The Morgan fingerprint density at radius 3 is 2.67 bits per heavy atom. The number of amides is 2. The third kappa shape index (κ3) is 2.38. The molecule has 0 unspecified atom stereocenters. The second-order valence-corrected chi connectivity index (χ2v) is 6.72. The van der Waals surface area contributed by atoms with E-state index >= 15 is 0 Å². The third-order valence-corrected chi connectivity index (χ3v) is 5.33. The van der Waals surface area contributed by atoms with E-state index in [1.807, 2.05) is 0 Å². The van der Waals surface area contributed by atoms with Crippen LogP contribution in [0.1, 0.15) is 43.2 Å². The number of nitrogens with zero attached hydrogens (tertiary/aromatic N) is 2. The Balaban J connectivity index is 1.87. The quantitative estimate of drug-likeness (QED) is 0.772. The maximum atomic E-state index is 12.6. The molecule has 0 N–H and O–H groups in total. The van der Waals surface area contributed by atoms with Gasteiger partial charge in [-0.25, -0.2) is 0 Å². The van der Waals surface area contributed by atoms with Crippen LogP contribution in [-0.4, -0.2) is 16.7 Å². The highest BCUT2D eigenvalue weighted by Gasteiger charge is 2.52. The predicted octanol–water partition coefficient (Wildman–Crippen LogP) is 3.14. The Bertz CT molecular complexity index is 657. The number of hydrogen-bond acceptors (Lipinski definition) is 3. The van der Waals surface area contributed by atoms with Crippen molar-refractivity contribution >= 4 is 27.7 Å². The van der Waals surface area contributed by atoms with Crippen molar-refractivity contribution in [3.8, 4) is 6.07 Å². The van der Waals surface area contributed by atoms with Crippen LogP contribution in [0.3, 0.4) is 0 Å². The number of nitriles is 1. The zero-order valence-corrected chi connectivity index (χ0v) is 13.1. The number of imide groups is 1. The molecule has 108 valence electrons. The fraction of sp³-hybridized carbons (Fsp3) is 0.438. The molecule has 3 rings (SSSR count). The number of carbonyl (C=O) groups is 2. The summed E-state index contributed by atoms with van der Waals surface area (Å²) in [5, 5.41) is 8.97. The molecule has 0 radical (unpaired) electrons. The van der Waals surface area contributed by atoms with Crippen LogP contribution in [0, 0.1) is 16.7 Å². The molecule has 0 aromatic heterocycles. The van der Waals surface area contributed by atoms with Crippen molar-refractivity contribution in [3.05, 3.63) is 33.8 Å². The second-order valence-electron chi connectivity index (χ2n) is 5.87. The van der Waals surface area contributed by atoms with Crippen molar-refractivity contribution in [3.63, 3.8) is 0 Å². The van der Waals surface area contributed by atoms with E-state index in [0.29, 0.717) is 12.0 Å². The molecule has 5 heteroatoms. The first-order chi connectivity index (χ1) is 10.1. The van der Waals surface area contributed by atoms with Crippen molar-refractivity contribution < 1.29 is 9.59 Å². The van der Waals surface area contributed by atoms with Crippen molar-refractivity contribution in [1.29, 1.82) is 5.26 Å². The fourth-order valence-corrected chi connectivity index (χ4v) is 3.77. The minimum absolute atomic E-state index is 0.0285. The fourth-order valence-electron chi connectivity index (χ4n) is 3.40. The molecule has 1 saturated heterocycles. The average Bonchev–Trinajstić information content (AvgIpc) is 3.02. The summed E-state index contributed by atoms with van der Waals surface area (Å²) in [7, 11) is 0. The van der Waals surface area contributed by atoms with Gasteiger partial charge in [0.1, 0.15) is 0 Å². The molecular weight excluding hydrogens is 332 g/mol. The first-order valence-corrected chi connectivity index (χ1v) is 7.88. The topological polar surface area (TPSA) is 61.2 Å². The molecule has 4 nitrogen and oxygen atoms in total. The van der Waals surface area contributed by atoms with Gasteiger partial charge in [0.25, 0.3) is 0 Å². The molecule has 2 aliphatic rings. The lowest BCUT2D eigenvalue weighted by Crippen LogP contribution is -2.34. The van der Waals surface area contributed by atoms with E-state index in [1.165, 1.54) is 4.90 Å². The molecule has 1 aromatic carbocycles. The van der Waals surface area contributed by atoms with E-state index in [0.717, 1.165) is 35.7 Å². The normalized spacial score (nSPS) is 20.3. The molecule has 1 saturated carbocycles. The number of halogens is 1. The summed E-state index contributed by atoms with van der Waals surface area (Å²) < 4.78 is 0.814. The monoisotopic (exact) mass is 346 g/mol. The van der Waals surface area contributed by atoms with Crippen molar-refractivity contribution in [2.24, 2.45) is 5.41 Å². The third-order valence-electron chi connectivity index (χ3n) is 4.55. The van der Waals surface area contributed by atoms with Gasteiger partial charge in [0.15, 0.2) is 0 Å². The summed E-state index contributed by atoms with van der Waals surface area (Å²) in [6.07, 6.45) is 4.06. The van der Waals surface area contributed by atoms with E-state index < -0.39 is 5.41 Å². The van der Waals surface area contributed by atoms with Crippen LogP contribution < -0.4 is 0 Å². The van der Waals surface area contributed by atoms with Crippen LogP contribution in [-0.2, 0) is 16.1 Å². The number of benzene rings is 1. The molecule has 21 heavy (non-hydrogen) atoms. The Hall–Kier alpha value is -1.67. The minimum atomic E-state index is -0.434. The van der Waals surface area contributed by atoms with E-state index in [1.54, 1.807) is 18.2 Å². The zero-order chi connectivity index (χ0) is 15.0. The van der Waals surface area contributed by atoms with Crippen molar-refractivity contribution in [1.82, 2.24) is 4.90 Å². The van der Waals surface area contributed by atoms with Crippen LogP contribution in [0.15, 0.2) is 22.7 Å². The van der Waals surface area contributed by atoms with Crippen LogP contribution in [0.4, 0.5) is 0 Å². The van der Waals surface area contributed by atoms with Gasteiger partial charge < -0.3 is 0 Å². The smallest absolute Gasteiger partial charge is 0.236 e. The average molecular weight is 347 g/mol. The summed E-state index contributed by atoms with van der Waals surface area (Å²) in [5.74, 6) is -0.115. The number of hydrogen-bond donors (Lipinski definition) is 0. The maximum absolute atomic E-state index is 12.6. The largest absolute Gasteiger partial charge is 0.278 e. The number of rotatable bonds is 2. The van der Waals surface area contributed by atoms with Gasteiger partial charge in [-0.1, -0.05) is 28.8 Å². The summed E-state index contributed by atoms with van der Waals surface area (Å²) in [5.41, 5.74) is 0.893. The molecule has 1 aromatic rings. The first-order valence-electron chi connectivity index (χ1n) is 7.09. The SMILES string of the molecule is N#Cc1ccc(Br)c(CN2C(=O)CC3(CCCC3)C2=O)c1. The Morgan fingerprint density at radius 2 is 2.00 bits per heavy atom. The van der Waals surface area contributed by atoms with Crippen LogP contribution in [0.2, 0.25) is 0 Å². The lowest BCUT2D eigenvalue weighted by Gasteiger charge is -2.21. The Labute approximate surface area is 131 Å². The van der Waals surface area contributed by atoms with Gasteiger partial charge in [-0.05, 0) is 36.6 Å². The molecule has 1 heterocycles. The second kappa shape index (κ2) is 5.27. The molecule has 0 atom stereocenters. The van der Waals surface area contributed by atoms with E-state index in [2.05, 4.69) is 22.0 Å². The number of carbonyl (C=O) groups excluding carboxylic acids is 2. The van der Waals surface area contributed by atoms with Gasteiger partial charge in [0.2, 0.25) is 11.8 Å². The molecule has 1 aliphatic heterocycles. The summed E-state index contributed by atoms with van der Waals surface area (Å²) >= 11 is 3.42. The van der Waals surface area contributed by atoms with Gasteiger partial charge in [0.05, 0.1) is 23.6 Å².